The molecule has 1 rings (SSSR count). The van der Waals surface area contributed by atoms with E-state index >= 15 is 0 Å². The standard InChI is InChI=1S/C10H13FO2S/c1-7(13)8-3-2-4-9(11)10(8)14-6-5-12/h2-4,7,12-13H,5-6H2,1H3/t7-/m1/s1. The average molecular weight is 216 g/mol. The molecule has 0 aromatic heterocycles. The van der Waals surface area contributed by atoms with Crippen molar-refractivity contribution in [3.63, 3.8) is 0 Å². The molecule has 0 aliphatic carbocycles. The quantitative estimate of drug-likeness (QED) is 0.756. The first kappa shape index (κ1) is 11.5. The number of hydrogen-bond acceptors (Lipinski definition) is 3. The summed E-state index contributed by atoms with van der Waals surface area (Å²) in [5.74, 6) is 0.0857. The maximum absolute atomic E-state index is 13.3. The number of benzene rings is 1. The second-order valence-electron chi connectivity index (χ2n) is 2.91. The topological polar surface area (TPSA) is 40.5 Å². The number of halogens is 1. The molecule has 0 bridgehead atoms. The first-order valence-corrected chi connectivity index (χ1v) is 5.35. The van der Waals surface area contributed by atoms with Gasteiger partial charge in [-0.25, -0.2) is 4.39 Å². The van der Waals surface area contributed by atoms with Crippen molar-refractivity contribution in [2.45, 2.75) is 17.9 Å². The molecule has 0 aliphatic heterocycles. The lowest BCUT2D eigenvalue weighted by molar-refractivity contribution is 0.195. The van der Waals surface area contributed by atoms with Gasteiger partial charge in [-0.15, -0.1) is 11.8 Å². The van der Waals surface area contributed by atoms with E-state index in [1.165, 1.54) is 17.8 Å². The summed E-state index contributed by atoms with van der Waals surface area (Å²) in [6, 6.07) is 4.61. The van der Waals surface area contributed by atoms with Crippen molar-refractivity contribution in [1.82, 2.24) is 0 Å². The highest BCUT2D eigenvalue weighted by atomic mass is 32.2. The van der Waals surface area contributed by atoms with Crippen LogP contribution in [0.4, 0.5) is 4.39 Å². The lowest BCUT2D eigenvalue weighted by Crippen LogP contribution is -1.98. The molecular formula is C10H13FO2S. The molecule has 4 heteroatoms. The second kappa shape index (κ2) is 5.34. The highest BCUT2D eigenvalue weighted by Crippen LogP contribution is 2.29. The van der Waals surface area contributed by atoms with Crippen LogP contribution in [-0.2, 0) is 0 Å². The van der Waals surface area contributed by atoms with Crippen LogP contribution in [0.3, 0.4) is 0 Å². The van der Waals surface area contributed by atoms with Crippen LogP contribution < -0.4 is 0 Å². The van der Waals surface area contributed by atoms with Crippen molar-refractivity contribution in [3.05, 3.63) is 29.6 Å². The number of thioether (sulfide) groups is 1. The first-order valence-electron chi connectivity index (χ1n) is 4.37. The fourth-order valence-corrected chi connectivity index (χ4v) is 2.06. The van der Waals surface area contributed by atoms with Gasteiger partial charge in [0.15, 0.2) is 0 Å². The normalized spacial score (nSPS) is 12.9. The molecular weight excluding hydrogens is 203 g/mol. The van der Waals surface area contributed by atoms with E-state index in [9.17, 15) is 9.50 Å². The van der Waals surface area contributed by atoms with E-state index in [0.717, 1.165) is 0 Å². The minimum absolute atomic E-state index is 0.00174. The predicted molar refractivity (Wildman–Crippen MR) is 54.8 cm³/mol. The maximum atomic E-state index is 13.3. The molecule has 2 nitrogen and oxygen atoms in total. The van der Waals surface area contributed by atoms with Crippen LogP contribution in [-0.4, -0.2) is 22.6 Å². The Balaban J connectivity index is 2.96. The molecule has 0 fully saturated rings. The SMILES string of the molecule is C[C@@H](O)c1cccc(F)c1SCCO. The molecule has 0 heterocycles. The fraction of sp³-hybridized carbons (Fsp3) is 0.400. The predicted octanol–water partition coefficient (Wildman–Crippen LogP) is 1.96. The zero-order valence-corrected chi connectivity index (χ0v) is 8.72. The van der Waals surface area contributed by atoms with Crippen molar-refractivity contribution in [2.75, 3.05) is 12.4 Å². The molecule has 0 spiro atoms. The molecule has 1 aromatic carbocycles. The van der Waals surface area contributed by atoms with Gasteiger partial charge in [-0.1, -0.05) is 12.1 Å². The van der Waals surface area contributed by atoms with Gasteiger partial charge >= 0.3 is 0 Å². The highest BCUT2D eigenvalue weighted by Gasteiger charge is 2.12. The Morgan fingerprint density at radius 3 is 2.79 bits per heavy atom. The van der Waals surface area contributed by atoms with Crippen LogP contribution in [0.15, 0.2) is 23.1 Å². The Bertz CT molecular complexity index is 302. The molecule has 0 saturated carbocycles. The minimum Gasteiger partial charge on any atom is -0.396 e. The van der Waals surface area contributed by atoms with Gasteiger partial charge in [0.2, 0.25) is 0 Å². The molecule has 78 valence electrons. The van der Waals surface area contributed by atoms with Crippen LogP contribution in [0.1, 0.15) is 18.6 Å². The summed E-state index contributed by atoms with van der Waals surface area (Å²) >= 11 is 1.22. The molecule has 1 atom stereocenters. The number of hydrogen-bond donors (Lipinski definition) is 2. The lowest BCUT2D eigenvalue weighted by atomic mass is 10.1. The second-order valence-corrected chi connectivity index (χ2v) is 4.01. The van der Waals surface area contributed by atoms with Gasteiger partial charge in [-0.2, -0.15) is 0 Å². The summed E-state index contributed by atoms with van der Waals surface area (Å²) < 4.78 is 13.3. The summed E-state index contributed by atoms with van der Waals surface area (Å²) in [4.78, 5) is 0.427. The third-order valence-corrected chi connectivity index (χ3v) is 2.89. The van der Waals surface area contributed by atoms with E-state index in [4.69, 9.17) is 5.11 Å². The maximum Gasteiger partial charge on any atom is 0.137 e. The Hall–Kier alpha value is -0.580. The zero-order valence-electron chi connectivity index (χ0n) is 7.90. The first-order chi connectivity index (χ1) is 6.66. The monoisotopic (exact) mass is 216 g/mol. The molecule has 0 aliphatic rings. The summed E-state index contributed by atoms with van der Waals surface area (Å²) in [6.45, 7) is 1.59. The molecule has 0 amide bonds. The van der Waals surface area contributed by atoms with E-state index in [1.54, 1.807) is 19.1 Å². The van der Waals surface area contributed by atoms with Gasteiger partial charge in [0, 0.05) is 10.6 Å². The lowest BCUT2D eigenvalue weighted by Gasteiger charge is -2.11. The van der Waals surface area contributed by atoms with E-state index in [1.807, 2.05) is 0 Å². The van der Waals surface area contributed by atoms with E-state index < -0.39 is 6.10 Å². The third kappa shape index (κ3) is 2.70. The van der Waals surface area contributed by atoms with Crippen LogP contribution in [0.25, 0.3) is 0 Å². The van der Waals surface area contributed by atoms with Crippen LogP contribution >= 0.6 is 11.8 Å². The van der Waals surface area contributed by atoms with Gasteiger partial charge in [-0.05, 0) is 18.6 Å². The molecule has 14 heavy (non-hydrogen) atoms. The number of rotatable bonds is 4. The van der Waals surface area contributed by atoms with Gasteiger partial charge in [0.25, 0.3) is 0 Å². The van der Waals surface area contributed by atoms with Gasteiger partial charge < -0.3 is 10.2 Å². The largest absolute Gasteiger partial charge is 0.396 e. The van der Waals surface area contributed by atoms with Gasteiger partial charge in [-0.3, -0.25) is 0 Å². The van der Waals surface area contributed by atoms with E-state index in [0.29, 0.717) is 16.2 Å². The fourth-order valence-electron chi connectivity index (χ4n) is 1.15. The summed E-state index contributed by atoms with van der Waals surface area (Å²) in [5.41, 5.74) is 0.573. The molecule has 2 N–H and O–H groups in total. The highest BCUT2D eigenvalue weighted by molar-refractivity contribution is 7.99. The van der Waals surface area contributed by atoms with Gasteiger partial charge in [0.1, 0.15) is 5.82 Å². The third-order valence-electron chi connectivity index (χ3n) is 1.79. The summed E-state index contributed by atoms with van der Waals surface area (Å²) in [6.07, 6.45) is -0.688. The zero-order chi connectivity index (χ0) is 10.6. The van der Waals surface area contributed by atoms with Crippen molar-refractivity contribution >= 4 is 11.8 Å². The number of aliphatic hydroxyl groups excluding tert-OH is 2. The smallest absolute Gasteiger partial charge is 0.137 e. The molecule has 0 radical (unpaired) electrons. The Morgan fingerprint density at radius 1 is 1.50 bits per heavy atom. The average Bonchev–Trinajstić information content (AvgIpc) is 2.15. The van der Waals surface area contributed by atoms with Crippen molar-refractivity contribution in [3.8, 4) is 0 Å². The minimum atomic E-state index is -0.688. The van der Waals surface area contributed by atoms with Crippen molar-refractivity contribution in [2.24, 2.45) is 0 Å². The van der Waals surface area contributed by atoms with Crippen molar-refractivity contribution < 1.29 is 14.6 Å². The molecule has 0 saturated heterocycles. The van der Waals surface area contributed by atoms with E-state index in [-0.39, 0.29) is 12.4 Å². The van der Waals surface area contributed by atoms with Crippen LogP contribution in [0, 0.1) is 5.82 Å². The molecule has 0 unspecified atom stereocenters. The van der Waals surface area contributed by atoms with E-state index in [2.05, 4.69) is 0 Å². The van der Waals surface area contributed by atoms with Crippen LogP contribution in [0.2, 0.25) is 0 Å². The Morgan fingerprint density at radius 2 is 2.21 bits per heavy atom. The van der Waals surface area contributed by atoms with Crippen LogP contribution in [0.5, 0.6) is 0 Å². The summed E-state index contributed by atoms with van der Waals surface area (Å²) in [5, 5.41) is 18.0. The van der Waals surface area contributed by atoms with Gasteiger partial charge in [0.05, 0.1) is 12.7 Å². The number of aliphatic hydroxyl groups is 2. The van der Waals surface area contributed by atoms with Crippen molar-refractivity contribution in [1.29, 1.82) is 0 Å². The Kier molecular flexibility index (Phi) is 4.38. The summed E-state index contributed by atoms with van der Waals surface area (Å²) in [7, 11) is 0. The Labute approximate surface area is 86.8 Å². The molecule has 1 aromatic rings.